The molecule has 0 aliphatic carbocycles. The summed E-state index contributed by atoms with van der Waals surface area (Å²) < 4.78 is 142. The van der Waals surface area contributed by atoms with Crippen LogP contribution in [0.3, 0.4) is 0 Å². The molecule has 0 amide bonds. The van der Waals surface area contributed by atoms with Crippen LogP contribution in [-0.2, 0) is 33.8 Å². The first-order chi connectivity index (χ1) is 16.8. The number of nitrogens with zero attached hydrogens (tertiary/aromatic N) is 1. The van der Waals surface area contributed by atoms with E-state index in [9.17, 15) is 47.9 Å². The van der Waals surface area contributed by atoms with Crippen LogP contribution in [0.15, 0.2) is 41.6 Å². The van der Waals surface area contributed by atoms with Crippen LogP contribution in [0.1, 0.15) is 48.1 Å². The summed E-state index contributed by atoms with van der Waals surface area (Å²) in [4.78, 5) is 5.02. The Morgan fingerprint density at radius 3 is 2.11 bits per heavy atom. The van der Waals surface area contributed by atoms with Gasteiger partial charge < -0.3 is 4.84 Å². The molecule has 0 saturated heterocycles. The quantitative estimate of drug-likeness (QED) is 0.209. The molecule has 0 fully saturated rings. The lowest BCUT2D eigenvalue weighted by Gasteiger charge is -2.19. The van der Waals surface area contributed by atoms with Gasteiger partial charge in [0.1, 0.15) is 6.61 Å². The number of alkyl halides is 9. The Balaban J connectivity index is 2.51. The van der Waals surface area contributed by atoms with Crippen molar-refractivity contribution in [3.05, 3.63) is 64.2 Å². The second-order valence-corrected chi connectivity index (χ2v) is 9.70. The molecule has 0 spiro atoms. The van der Waals surface area contributed by atoms with Crippen LogP contribution in [0.25, 0.3) is 0 Å². The highest BCUT2D eigenvalue weighted by atomic mass is 32.2. The van der Waals surface area contributed by atoms with Crippen molar-refractivity contribution in [2.45, 2.75) is 51.7 Å². The summed E-state index contributed by atoms with van der Waals surface area (Å²) in [5, 5.41) is 3.76. The third kappa shape index (κ3) is 7.52. The van der Waals surface area contributed by atoms with Gasteiger partial charge in [-0.05, 0) is 37.6 Å². The SMILES string of the molecule is CCC(C)/C(=N\OCc1ccc(C(F)(F)F)cc1C(F)(F)F)c1cc(C)ccc1NS(=O)(=O)C(F)(F)F. The first kappa shape index (κ1) is 30.3. The molecule has 2 rings (SSSR count). The van der Waals surface area contributed by atoms with Gasteiger partial charge in [-0.25, -0.2) is 0 Å². The number of oxime groups is 1. The monoisotopic (exact) mass is 564 g/mol. The molecular formula is C22H21F9N2O3S. The Bertz CT molecular complexity index is 1250. The predicted molar refractivity (Wildman–Crippen MR) is 117 cm³/mol. The van der Waals surface area contributed by atoms with Gasteiger partial charge in [0, 0.05) is 17.0 Å². The molecular weight excluding hydrogens is 543 g/mol. The maximum Gasteiger partial charge on any atom is 0.516 e. The smallest absolute Gasteiger partial charge is 0.391 e. The van der Waals surface area contributed by atoms with E-state index in [1.54, 1.807) is 20.8 Å². The molecule has 2 aromatic carbocycles. The summed E-state index contributed by atoms with van der Waals surface area (Å²) in [6.45, 7) is 3.85. The largest absolute Gasteiger partial charge is 0.516 e. The van der Waals surface area contributed by atoms with Crippen molar-refractivity contribution >= 4 is 21.4 Å². The van der Waals surface area contributed by atoms with E-state index in [2.05, 4.69) is 5.16 Å². The summed E-state index contributed by atoms with van der Waals surface area (Å²) in [5.74, 6) is -0.578. The molecule has 0 aliphatic heterocycles. The standard InChI is InChI=1S/C22H21F9N2O3S/c1-4-13(3)19(16-9-12(2)5-8-18(16)33-37(34,35)22(29,30)31)32-36-11-14-6-7-15(20(23,24)25)10-17(14)21(26,27)28/h5-10,13,33H,4,11H2,1-3H3/b32-19+. The molecule has 0 heterocycles. The fourth-order valence-electron chi connectivity index (χ4n) is 3.07. The normalized spacial score (nSPS) is 14.4. The van der Waals surface area contributed by atoms with Gasteiger partial charge in [-0.3, -0.25) is 4.72 Å². The van der Waals surface area contributed by atoms with E-state index in [-0.39, 0.29) is 17.3 Å². The predicted octanol–water partition coefficient (Wildman–Crippen LogP) is 7.26. The number of sulfonamides is 1. The van der Waals surface area contributed by atoms with Crippen LogP contribution >= 0.6 is 0 Å². The second-order valence-electron chi connectivity index (χ2n) is 8.03. The highest BCUT2D eigenvalue weighted by Gasteiger charge is 2.46. The summed E-state index contributed by atoms with van der Waals surface area (Å²) in [7, 11) is -5.82. The van der Waals surface area contributed by atoms with Crippen molar-refractivity contribution in [3.63, 3.8) is 0 Å². The molecule has 0 radical (unpaired) electrons. The number of nitrogens with one attached hydrogen (secondary N) is 1. The molecule has 0 aliphatic rings. The van der Waals surface area contributed by atoms with Gasteiger partial charge in [0.25, 0.3) is 0 Å². The zero-order valence-corrected chi connectivity index (χ0v) is 20.3. The van der Waals surface area contributed by atoms with Gasteiger partial charge in [-0.15, -0.1) is 0 Å². The zero-order valence-electron chi connectivity index (χ0n) is 19.4. The molecule has 0 bridgehead atoms. The Morgan fingerprint density at radius 1 is 0.973 bits per heavy atom. The average Bonchev–Trinajstić information content (AvgIpc) is 2.75. The van der Waals surface area contributed by atoms with Crippen molar-refractivity contribution < 1.29 is 52.8 Å². The Kier molecular flexibility index (Phi) is 8.83. The van der Waals surface area contributed by atoms with Gasteiger partial charge in [-0.2, -0.15) is 47.9 Å². The lowest BCUT2D eigenvalue weighted by molar-refractivity contribution is -0.143. The van der Waals surface area contributed by atoms with Crippen LogP contribution in [0.2, 0.25) is 0 Å². The van der Waals surface area contributed by atoms with E-state index in [4.69, 9.17) is 4.84 Å². The van der Waals surface area contributed by atoms with Gasteiger partial charge in [0.15, 0.2) is 0 Å². The Morgan fingerprint density at radius 2 is 1.59 bits per heavy atom. The van der Waals surface area contributed by atoms with Crippen molar-refractivity contribution in [1.29, 1.82) is 0 Å². The van der Waals surface area contributed by atoms with Gasteiger partial charge in [0.05, 0.1) is 22.5 Å². The Labute approximate surface area is 206 Å². The first-order valence-corrected chi connectivity index (χ1v) is 11.9. The molecule has 1 N–H and O–H groups in total. The third-order valence-corrected chi connectivity index (χ3v) is 6.30. The van der Waals surface area contributed by atoms with E-state index in [1.807, 2.05) is 0 Å². The van der Waals surface area contributed by atoms with Gasteiger partial charge in [0.2, 0.25) is 0 Å². The van der Waals surface area contributed by atoms with Crippen LogP contribution < -0.4 is 4.72 Å². The van der Waals surface area contributed by atoms with Gasteiger partial charge in [-0.1, -0.05) is 36.7 Å². The average molecular weight is 564 g/mol. The summed E-state index contributed by atoms with van der Waals surface area (Å²) in [5.41, 5.74) is -9.65. The van der Waals surface area contributed by atoms with Crippen molar-refractivity contribution in [3.8, 4) is 0 Å². The summed E-state index contributed by atoms with van der Waals surface area (Å²) in [6, 6.07) is 4.65. The van der Waals surface area contributed by atoms with Crippen molar-refractivity contribution in [2.24, 2.45) is 11.1 Å². The topological polar surface area (TPSA) is 67.8 Å². The summed E-state index contributed by atoms with van der Waals surface area (Å²) in [6.07, 6.45) is -9.86. The number of hydrogen-bond acceptors (Lipinski definition) is 4. The highest BCUT2D eigenvalue weighted by Crippen LogP contribution is 2.37. The second kappa shape index (κ2) is 10.8. The molecule has 206 valence electrons. The number of aryl methyl sites for hydroxylation is 1. The summed E-state index contributed by atoms with van der Waals surface area (Å²) >= 11 is 0. The number of rotatable bonds is 8. The molecule has 5 nitrogen and oxygen atoms in total. The van der Waals surface area contributed by atoms with Crippen molar-refractivity contribution in [1.82, 2.24) is 0 Å². The third-order valence-electron chi connectivity index (χ3n) is 5.20. The van der Waals surface area contributed by atoms with E-state index >= 15 is 0 Å². The molecule has 2 aromatic rings. The van der Waals surface area contributed by atoms with Crippen LogP contribution in [-0.4, -0.2) is 19.6 Å². The molecule has 15 heteroatoms. The van der Waals surface area contributed by atoms with E-state index in [0.717, 1.165) is 6.07 Å². The number of anilines is 1. The number of halogens is 9. The highest BCUT2D eigenvalue weighted by molar-refractivity contribution is 7.93. The lowest BCUT2D eigenvalue weighted by Crippen LogP contribution is -2.31. The van der Waals surface area contributed by atoms with Crippen molar-refractivity contribution in [2.75, 3.05) is 4.72 Å². The van der Waals surface area contributed by atoms with Crippen LogP contribution in [0.5, 0.6) is 0 Å². The zero-order chi connectivity index (χ0) is 28.4. The molecule has 0 saturated carbocycles. The fourth-order valence-corrected chi connectivity index (χ4v) is 3.66. The minimum atomic E-state index is -5.82. The maximum atomic E-state index is 13.4. The molecule has 0 aromatic heterocycles. The van der Waals surface area contributed by atoms with E-state index in [1.165, 1.54) is 16.9 Å². The first-order valence-electron chi connectivity index (χ1n) is 10.4. The van der Waals surface area contributed by atoms with Crippen LogP contribution in [0, 0.1) is 12.8 Å². The van der Waals surface area contributed by atoms with E-state index < -0.39 is 62.8 Å². The molecule has 37 heavy (non-hydrogen) atoms. The minimum absolute atomic E-state index is 0.0669. The number of benzene rings is 2. The number of hydrogen-bond donors (Lipinski definition) is 1. The fraction of sp³-hybridized carbons (Fsp3) is 0.409. The minimum Gasteiger partial charge on any atom is -0.391 e. The van der Waals surface area contributed by atoms with Crippen LogP contribution in [0.4, 0.5) is 45.2 Å². The molecule has 1 unspecified atom stereocenters. The maximum absolute atomic E-state index is 13.4. The molecule has 1 atom stereocenters. The Hall–Kier alpha value is -2.97. The van der Waals surface area contributed by atoms with E-state index in [0.29, 0.717) is 24.1 Å². The lowest BCUT2D eigenvalue weighted by atomic mass is 9.94. The van der Waals surface area contributed by atoms with Gasteiger partial charge >= 0.3 is 27.9 Å².